The van der Waals surface area contributed by atoms with Crippen LogP contribution in [-0.2, 0) is 0 Å². The van der Waals surface area contributed by atoms with Gasteiger partial charge in [0, 0.05) is 21.7 Å². The monoisotopic (exact) mass is 678 g/mol. The molecule has 0 bridgehead atoms. The van der Waals surface area contributed by atoms with E-state index in [0.29, 0.717) is 0 Å². The average Bonchev–Trinajstić information content (AvgIpc) is 3.81. The molecule has 0 N–H and O–H groups in total. The van der Waals surface area contributed by atoms with Gasteiger partial charge in [0.25, 0.3) is 0 Å². The van der Waals surface area contributed by atoms with E-state index in [1.54, 1.807) is 0 Å². The topological polar surface area (TPSA) is 26.3 Å². The molecular formula is C51H34O2. The first-order chi connectivity index (χ1) is 26.2. The van der Waals surface area contributed by atoms with Crippen molar-refractivity contribution < 1.29 is 8.83 Å². The van der Waals surface area contributed by atoms with Crippen LogP contribution in [0.3, 0.4) is 0 Å². The lowest BCUT2D eigenvalue weighted by atomic mass is 9.85. The van der Waals surface area contributed by atoms with Gasteiger partial charge >= 0.3 is 0 Å². The van der Waals surface area contributed by atoms with Gasteiger partial charge < -0.3 is 8.83 Å². The standard InChI is InChI=1S/C51H34O2/c1-3-32-15-8-9-18-38(32)37(4-2)47-31-36-29-34(26-28-45(36)52-47)35-25-27-43-48(30-35)53-46-24-14-23-44(51(43)46)50-41-21-12-10-19-39(41)49(33-16-6-5-7-17-33)40-20-11-13-22-42(40)50/h3-31H,2H2,1H3/b32-3-,38-37+. The first-order valence-corrected chi connectivity index (χ1v) is 18.1. The summed E-state index contributed by atoms with van der Waals surface area (Å²) < 4.78 is 13.1. The third-order valence-corrected chi connectivity index (χ3v) is 10.6. The Hall–Kier alpha value is -6.90. The van der Waals surface area contributed by atoms with Crippen LogP contribution < -0.4 is 10.4 Å². The fourth-order valence-corrected chi connectivity index (χ4v) is 8.24. The van der Waals surface area contributed by atoms with Gasteiger partial charge in [-0.1, -0.05) is 146 Å². The fourth-order valence-electron chi connectivity index (χ4n) is 8.24. The first kappa shape index (κ1) is 30.9. The number of furan rings is 2. The van der Waals surface area contributed by atoms with Crippen molar-refractivity contribution in [3.8, 4) is 33.4 Å². The summed E-state index contributed by atoms with van der Waals surface area (Å²) >= 11 is 0. The molecule has 0 saturated heterocycles. The fraction of sp³-hybridized carbons (Fsp3) is 0.0196. The minimum absolute atomic E-state index is 0.804. The summed E-state index contributed by atoms with van der Waals surface area (Å²) in [6.45, 7) is 6.17. The van der Waals surface area contributed by atoms with E-state index in [2.05, 4.69) is 183 Å². The van der Waals surface area contributed by atoms with Crippen LogP contribution in [0.1, 0.15) is 12.7 Å². The number of allylic oxidation sites excluding steroid dienone is 1. The number of hydrogen-bond donors (Lipinski definition) is 0. The highest BCUT2D eigenvalue weighted by Gasteiger charge is 2.20. The zero-order valence-corrected chi connectivity index (χ0v) is 29.3. The zero-order valence-electron chi connectivity index (χ0n) is 29.3. The quantitative estimate of drug-likeness (QED) is 0.169. The summed E-state index contributed by atoms with van der Waals surface area (Å²) in [6, 6.07) is 58.2. The van der Waals surface area contributed by atoms with Crippen LogP contribution in [0.4, 0.5) is 0 Å². The Morgan fingerprint density at radius 2 is 1.15 bits per heavy atom. The minimum atomic E-state index is 0.804. The molecule has 53 heavy (non-hydrogen) atoms. The van der Waals surface area contributed by atoms with E-state index in [0.717, 1.165) is 65.8 Å². The van der Waals surface area contributed by atoms with Crippen molar-refractivity contribution in [2.75, 3.05) is 0 Å². The largest absolute Gasteiger partial charge is 0.456 e. The molecule has 0 aliphatic carbocycles. The molecule has 8 aromatic carbocycles. The van der Waals surface area contributed by atoms with E-state index in [1.807, 2.05) is 6.08 Å². The normalized spacial score (nSPS) is 12.7. The molecule has 0 spiro atoms. The van der Waals surface area contributed by atoms with Gasteiger partial charge in [-0.3, -0.25) is 0 Å². The van der Waals surface area contributed by atoms with Gasteiger partial charge in [-0.2, -0.15) is 0 Å². The van der Waals surface area contributed by atoms with Crippen LogP contribution in [0.5, 0.6) is 0 Å². The van der Waals surface area contributed by atoms with Crippen LogP contribution in [0.2, 0.25) is 0 Å². The van der Waals surface area contributed by atoms with Crippen molar-refractivity contribution in [3.63, 3.8) is 0 Å². The van der Waals surface area contributed by atoms with E-state index in [1.165, 1.54) is 43.8 Å². The van der Waals surface area contributed by atoms with E-state index in [4.69, 9.17) is 8.83 Å². The van der Waals surface area contributed by atoms with Crippen LogP contribution >= 0.6 is 0 Å². The molecule has 10 aromatic rings. The molecule has 0 amide bonds. The molecular weight excluding hydrogens is 645 g/mol. The summed E-state index contributed by atoms with van der Waals surface area (Å²) in [6.07, 6.45) is 4.00. The number of hydrogen-bond acceptors (Lipinski definition) is 2. The smallest absolute Gasteiger partial charge is 0.136 e. The summed E-state index contributed by atoms with van der Waals surface area (Å²) in [5, 5.41) is 10.5. The van der Waals surface area contributed by atoms with E-state index >= 15 is 0 Å². The predicted molar refractivity (Wildman–Crippen MR) is 223 cm³/mol. The minimum Gasteiger partial charge on any atom is -0.456 e. The molecule has 2 heteroatoms. The average molecular weight is 679 g/mol. The SMILES string of the molecule is C=C/C(c1cc2cc(-c3ccc4c(c3)oc3cccc(-c5c6ccccc6c(-c6ccccc6)c6ccccc56)c34)ccc2o1)=c1/cccc/c1=C/C. The Bertz CT molecular complexity index is 3140. The molecule has 0 fully saturated rings. The van der Waals surface area contributed by atoms with Crippen molar-refractivity contribution in [3.05, 3.63) is 193 Å². The molecule has 2 nitrogen and oxygen atoms in total. The van der Waals surface area contributed by atoms with Gasteiger partial charge in [-0.05, 0) is 109 Å². The van der Waals surface area contributed by atoms with E-state index < -0.39 is 0 Å². The molecule has 10 rings (SSSR count). The van der Waals surface area contributed by atoms with Gasteiger partial charge in [-0.25, -0.2) is 0 Å². The van der Waals surface area contributed by atoms with Crippen molar-refractivity contribution in [2.45, 2.75) is 6.92 Å². The lowest BCUT2D eigenvalue weighted by Gasteiger charge is -2.18. The Morgan fingerprint density at radius 1 is 0.491 bits per heavy atom. The Kier molecular flexibility index (Phi) is 7.23. The number of fused-ring (bicyclic) bond motifs is 6. The molecule has 2 aromatic heterocycles. The number of rotatable bonds is 5. The molecule has 0 atom stereocenters. The molecule has 250 valence electrons. The summed E-state index contributed by atoms with van der Waals surface area (Å²) in [7, 11) is 0. The highest BCUT2D eigenvalue weighted by atomic mass is 16.3. The Morgan fingerprint density at radius 3 is 1.89 bits per heavy atom. The molecule has 2 heterocycles. The molecule has 0 unspecified atom stereocenters. The van der Waals surface area contributed by atoms with Gasteiger partial charge in [0.05, 0.1) is 0 Å². The second-order valence-corrected chi connectivity index (χ2v) is 13.6. The zero-order chi connectivity index (χ0) is 35.5. The summed E-state index contributed by atoms with van der Waals surface area (Å²) in [4.78, 5) is 0. The van der Waals surface area contributed by atoms with Crippen molar-refractivity contribution >= 4 is 66.1 Å². The van der Waals surface area contributed by atoms with Crippen molar-refractivity contribution in [2.24, 2.45) is 0 Å². The van der Waals surface area contributed by atoms with Crippen LogP contribution in [0.15, 0.2) is 185 Å². The van der Waals surface area contributed by atoms with Gasteiger partial charge in [0.1, 0.15) is 22.5 Å². The second kappa shape index (κ2) is 12.4. The highest BCUT2D eigenvalue weighted by molar-refractivity contribution is 6.25. The Balaban J connectivity index is 1.14. The Labute approximate surface area is 306 Å². The molecule has 0 aliphatic rings. The van der Waals surface area contributed by atoms with Crippen LogP contribution in [0, 0.1) is 0 Å². The van der Waals surface area contributed by atoms with Gasteiger partial charge in [0.2, 0.25) is 0 Å². The lowest BCUT2D eigenvalue weighted by Crippen LogP contribution is -2.25. The molecule has 0 radical (unpaired) electrons. The second-order valence-electron chi connectivity index (χ2n) is 13.6. The van der Waals surface area contributed by atoms with Crippen LogP contribution in [0.25, 0.3) is 99.5 Å². The van der Waals surface area contributed by atoms with Crippen molar-refractivity contribution in [1.29, 1.82) is 0 Å². The predicted octanol–water partition coefficient (Wildman–Crippen LogP) is 12.8. The third-order valence-electron chi connectivity index (χ3n) is 10.6. The highest BCUT2D eigenvalue weighted by Crippen LogP contribution is 2.47. The maximum atomic E-state index is 6.67. The first-order valence-electron chi connectivity index (χ1n) is 18.1. The van der Waals surface area contributed by atoms with E-state index in [9.17, 15) is 0 Å². The molecule has 0 aliphatic heterocycles. The van der Waals surface area contributed by atoms with Crippen molar-refractivity contribution in [1.82, 2.24) is 0 Å². The molecule has 0 saturated carbocycles. The third kappa shape index (κ3) is 4.95. The maximum absolute atomic E-state index is 6.67. The van der Waals surface area contributed by atoms with Gasteiger partial charge in [-0.15, -0.1) is 0 Å². The summed E-state index contributed by atoms with van der Waals surface area (Å²) in [5.41, 5.74) is 10.6. The number of benzene rings is 8. The summed E-state index contributed by atoms with van der Waals surface area (Å²) in [5.74, 6) is 0.804. The van der Waals surface area contributed by atoms with Crippen LogP contribution in [-0.4, -0.2) is 0 Å². The van der Waals surface area contributed by atoms with Gasteiger partial charge in [0.15, 0.2) is 0 Å². The maximum Gasteiger partial charge on any atom is 0.136 e. The lowest BCUT2D eigenvalue weighted by molar-refractivity contribution is 0.600. The van der Waals surface area contributed by atoms with E-state index in [-0.39, 0.29) is 0 Å².